The SMILES string of the molecule is CC(C)OC(=O)c1nc2ccccc2nc1Nc1ccc(F)c(F)c1. The van der Waals surface area contributed by atoms with Crippen molar-refractivity contribution in [3.05, 3.63) is 59.8 Å². The number of aromatic nitrogens is 2. The second-order valence-corrected chi connectivity index (χ2v) is 5.62. The van der Waals surface area contributed by atoms with E-state index in [9.17, 15) is 13.6 Å². The van der Waals surface area contributed by atoms with E-state index < -0.39 is 17.6 Å². The van der Waals surface area contributed by atoms with Gasteiger partial charge in [0.15, 0.2) is 23.1 Å². The lowest BCUT2D eigenvalue weighted by molar-refractivity contribution is 0.0372. The maximum Gasteiger partial charge on any atom is 0.361 e. The molecule has 2 aromatic carbocycles. The van der Waals surface area contributed by atoms with Gasteiger partial charge in [0, 0.05) is 11.8 Å². The summed E-state index contributed by atoms with van der Waals surface area (Å²) in [5.41, 5.74) is 1.28. The molecule has 25 heavy (non-hydrogen) atoms. The van der Waals surface area contributed by atoms with E-state index in [-0.39, 0.29) is 23.3 Å². The average molecular weight is 343 g/mol. The second kappa shape index (κ2) is 6.80. The van der Waals surface area contributed by atoms with Crippen LogP contribution in [0.4, 0.5) is 20.3 Å². The van der Waals surface area contributed by atoms with Gasteiger partial charge >= 0.3 is 5.97 Å². The van der Waals surface area contributed by atoms with Crippen molar-refractivity contribution in [3.8, 4) is 0 Å². The van der Waals surface area contributed by atoms with Crippen LogP contribution in [-0.4, -0.2) is 22.0 Å². The number of ether oxygens (including phenoxy) is 1. The van der Waals surface area contributed by atoms with E-state index in [1.54, 1.807) is 38.1 Å². The zero-order valence-corrected chi connectivity index (χ0v) is 13.6. The molecule has 3 aromatic rings. The summed E-state index contributed by atoms with van der Waals surface area (Å²) in [5, 5.41) is 2.81. The van der Waals surface area contributed by atoms with E-state index >= 15 is 0 Å². The van der Waals surface area contributed by atoms with Gasteiger partial charge in [-0.2, -0.15) is 0 Å². The van der Waals surface area contributed by atoms with Gasteiger partial charge in [-0.3, -0.25) is 0 Å². The maximum absolute atomic E-state index is 13.4. The first kappa shape index (κ1) is 16.8. The smallest absolute Gasteiger partial charge is 0.361 e. The number of para-hydroxylation sites is 2. The fraction of sp³-hybridized carbons (Fsp3) is 0.167. The number of nitrogens with zero attached hydrogens (tertiary/aromatic N) is 2. The predicted octanol–water partition coefficient (Wildman–Crippen LogP) is 4.22. The van der Waals surface area contributed by atoms with Gasteiger partial charge in [-0.25, -0.2) is 23.5 Å². The normalized spacial score (nSPS) is 10.9. The number of hydrogen-bond donors (Lipinski definition) is 1. The van der Waals surface area contributed by atoms with Crippen LogP contribution in [0.5, 0.6) is 0 Å². The van der Waals surface area contributed by atoms with Gasteiger partial charge in [-0.05, 0) is 38.1 Å². The molecule has 3 rings (SSSR count). The Bertz CT molecular complexity index is 945. The molecule has 128 valence electrons. The molecule has 5 nitrogen and oxygen atoms in total. The third-order valence-electron chi connectivity index (χ3n) is 3.29. The molecule has 1 N–H and O–H groups in total. The fourth-order valence-corrected chi connectivity index (χ4v) is 2.21. The fourth-order valence-electron chi connectivity index (χ4n) is 2.21. The Morgan fingerprint density at radius 2 is 1.72 bits per heavy atom. The van der Waals surface area contributed by atoms with Crippen LogP contribution in [0.15, 0.2) is 42.5 Å². The molecule has 0 fully saturated rings. The molecule has 0 bridgehead atoms. The van der Waals surface area contributed by atoms with Gasteiger partial charge in [0.05, 0.1) is 17.1 Å². The summed E-state index contributed by atoms with van der Waals surface area (Å²) in [5.74, 6) is -2.52. The lowest BCUT2D eigenvalue weighted by Crippen LogP contribution is -2.16. The number of halogens is 2. The predicted molar refractivity (Wildman–Crippen MR) is 89.7 cm³/mol. The van der Waals surface area contributed by atoms with Gasteiger partial charge in [0.2, 0.25) is 0 Å². The van der Waals surface area contributed by atoms with Crippen LogP contribution < -0.4 is 5.32 Å². The van der Waals surface area contributed by atoms with Crippen molar-refractivity contribution in [1.82, 2.24) is 9.97 Å². The summed E-state index contributed by atoms with van der Waals surface area (Å²) >= 11 is 0. The summed E-state index contributed by atoms with van der Waals surface area (Å²) in [6.45, 7) is 3.43. The van der Waals surface area contributed by atoms with Crippen molar-refractivity contribution in [2.45, 2.75) is 20.0 Å². The van der Waals surface area contributed by atoms with E-state index in [1.165, 1.54) is 6.07 Å². The summed E-state index contributed by atoms with van der Waals surface area (Å²) in [7, 11) is 0. The second-order valence-electron chi connectivity index (χ2n) is 5.62. The lowest BCUT2D eigenvalue weighted by Gasteiger charge is -2.13. The quantitative estimate of drug-likeness (QED) is 0.719. The highest BCUT2D eigenvalue weighted by Gasteiger charge is 2.19. The molecule has 0 radical (unpaired) electrons. The molecule has 1 heterocycles. The molecule has 0 aliphatic carbocycles. The van der Waals surface area contributed by atoms with Gasteiger partial charge in [0.25, 0.3) is 0 Å². The number of anilines is 2. The summed E-state index contributed by atoms with van der Waals surface area (Å²) < 4.78 is 31.7. The molecule has 0 amide bonds. The largest absolute Gasteiger partial charge is 0.458 e. The van der Waals surface area contributed by atoms with E-state index in [0.717, 1.165) is 12.1 Å². The number of nitrogens with one attached hydrogen (secondary N) is 1. The van der Waals surface area contributed by atoms with E-state index in [0.29, 0.717) is 11.0 Å². The highest BCUT2D eigenvalue weighted by atomic mass is 19.2. The van der Waals surface area contributed by atoms with E-state index in [2.05, 4.69) is 15.3 Å². The van der Waals surface area contributed by atoms with Crippen LogP contribution in [0.3, 0.4) is 0 Å². The first-order valence-corrected chi connectivity index (χ1v) is 7.64. The molecule has 0 aliphatic heterocycles. The van der Waals surface area contributed by atoms with Crippen LogP contribution in [0.1, 0.15) is 24.3 Å². The average Bonchev–Trinajstić information content (AvgIpc) is 2.57. The van der Waals surface area contributed by atoms with Crippen LogP contribution in [-0.2, 0) is 4.74 Å². The number of esters is 1. The maximum atomic E-state index is 13.4. The number of benzene rings is 2. The Morgan fingerprint density at radius 3 is 2.36 bits per heavy atom. The highest BCUT2D eigenvalue weighted by molar-refractivity contribution is 5.96. The zero-order chi connectivity index (χ0) is 18.0. The van der Waals surface area contributed by atoms with Crippen molar-refractivity contribution in [2.24, 2.45) is 0 Å². The van der Waals surface area contributed by atoms with E-state index in [4.69, 9.17) is 4.74 Å². The van der Waals surface area contributed by atoms with Crippen molar-refractivity contribution in [1.29, 1.82) is 0 Å². The third-order valence-corrected chi connectivity index (χ3v) is 3.29. The first-order valence-electron chi connectivity index (χ1n) is 7.64. The van der Waals surface area contributed by atoms with Crippen molar-refractivity contribution in [3.63, 3.8) is 0 Å². The number of fused-ring (bicyclic) bond motifs is 1. The number of rotatable bonds is 4. The molecule has 0 saturated carbocycles. The Balaban J connectivity index is 2.07. The summed E-state index contributed by atoms with van der Waals surface area (Å²) in [4.78, 5) is 21.0. The van der Waals surface area contributed by atoms with Gasteiger partial charge in [0.1, 0.15) is 0 Å². The van der Waals surface area contributed by atoms with Gasteiger partial charge in [-0.15, -0.1) is 0 Å². The monoisotopic (exact) mass is 343 g/mol. The van der Waals surface area contributed by atoms with Crippen molar-refractivity contribution in [2.75, 3.05) is 5.32 Å². The minimum Gasteiger partial charge on any atom is -0.458 e. The minimum absolute atomic E-state index is 0.0304. The number of carbonyl (C=O) groups is 1. The Morgan fingerprint density at radius 1 is 1.04 bits per heavy atom. The molecule has 0 unspecified atom stereocenters. The summed E-state index contributed by atoms with van der Waals surface area (Å²) in [6.07, 6.45) is -0.336. The highest BCUT2D eigenvalue weighted by Crippen LogP contribution is 2.23. The molecule has 0 aliphatic rings. The molecule has 7 heteroatoms. The minimum atomic E-state index is -1.01. The zero-order valence-electron chi connectivity index (χ0n) is 13.6. The van der Waals surface area contributed by atoms with Gasteiger partial charge in [-0.1, -0.05) is 12.1 Å². The molecular weight excluding hydrogens is 328 g/mol. The van der Waals surface area contributed by atoms with Crippen LogP contribution in [0.2, 0.25) is 0 Å². The molecule has 0 spiro atoms. The van der Waals surface area contributed by atoms with Crippen molar-refractivity contribution < 1.29 is 18.3 Å². The number of carbonyl (C=O) groups excluding carboxylic acids is 1. The Labute approximate surface area is 142 Å². The van der Waals surface area contributed by atoms with Crippen molar-refractivity contribution >= 4 is 28.5 Å². The van der Waals surface area contributed by atoms with Crippen LogP contribution in [0.25, 0.3) is 11.0 Å². The Kier molecular flexibility index (Phi) is 4.56. The van der Waals surface area contributed by atoms with Crippen LogP contribution in [0, 0.1) is 11.6 Å². The molecule has 1 aromatic heterocycles. The standard InChI is InChI=1S/C18H15F2N3O2/c1-10(2)25-18(24)16-17(21-11-7-8-12(19)13(20)9-11)23-15-6-4-3-5-14(15)22-16/h3-10H,1-2H3,(H,21,23). The lowest BCUT2D eigenvalue weighted by atomic mass is 10.2. The third kappa shape index (κ3) is 3.71. The van der Waals surface area contributed by atoms with Crippen LogP contribution >= 0.6 is 0 Å². The topological polar surface area (TPSA) is 64.1 Å². The molecule has 0 saturated heterocycles. The first-order chi connectivity index (χ1) is 11.9. The van der Waals surface area contributed by atoms with E-state index in [1.807, 2.05) is 0 Å². The summed E-state index contributed by atoms with van der Waals surface area (Å²) in [6, 6.07) is 10.3. The molecular formula is C18H15F2N3O2. The van der Waals surface area contributed by atoms with Gasteiger partial charge < -0.3 is 10.1 Å². The molecule has 0 atom stereocenters. The Hall–Kier alpha value is -3.09. The number of hydrogen-bond acceptors (Lipinski definition) is 5.